The van der Waals surface area contributed by atoms with Crippen molar-refractivity contribution in [2.45, 2.75) is 19.6 Å². The molecule has 0 bridgehead atoms. The van der Waals surface area contributed by atoms with Crippen molar-refractivity contribution in [2.24, 2.45) is 0 Å². The van der Waals surface area contributed by atoms with Gasteiger partial charge in [-0.05, 0) is 24.1 Å². The third-order valence-electron chi connectivity index (χ3n) is 4.36. The van der Waals surface area contributed by atoms with Gasteiger partial charge in [0.25, 0.3) is 0 Å². The zero-order chi connectivity index (χ0) is 14.1. The maximum atomic E-state index is 11.5. The van der Waals surface area contributed by atoms with Gasteiger partial charge >= 0.3 is 5.97 Å². The number of benzene rings is 1. The molecule has 108 valence electrons. The first-order valence-electron chi connectivity index (χ1n) is 7.18. The second-order valence-corrected chi connectivity index (χ2v) is 5.60. The van der Waals surface area contributed by atoms with Crippen molar-refractivity contribution in [2.75, 3.05) is 32.7 Å². The van der Waals surface area contributed by atoms with Crippen LogP contribution in [0.15, 0.2) is 12.1 Å². The monoisotopic (exact) mass is 277 g/mol. The molecule has 3 N–H and O–H groups in total. The fraction of sp³-hybridized carbons (Fsp3) is 0.533. The first-order valence-corrected chi connectivity index (χ1v) is 7.18. The molecule has 0 radical (unpaired) electrons. The van der Waals surface area contributed by atoms with Gasteiger partial charge in [0.2, 0.25) is 0 Å². The van der Waals surface area contributed by atoms with Crippen molar-refractivity contribution in [3.05, 3.63) is 34.4 Å². The summed E-state index contributed by atoms with van der Waals surface area (Å²) in [7, 11) is 0. The molecule has 20 heavy (non-hydrogen) atoms. The lowest BCUT2D eigenvalue weighted by Crippen LogP contribution is -3.15. The Hall–Kier alpha value is -1.43. The topological polar surface area (TPSA) is 63.0 Å². The molecule has 2 aliphatic rings. The summed E-state index contributed by atoms with van der Waals surface area (Å²) >= 11 is 0. The van der Waals surface area contributed by atoms with Gasteiger partial charge in [-0.15, -0.1) is 0 Å². The molecule has 1 aromatic carbocycles. The summed E-state index contributed by atoms with van der Waals surface area (Å²) in [5, 5.41) is 13.8. The minimum absolute atomic E-state index is 0.253. The molecular weight excluding hydrogens is 256 g/mol. The molecule has 2 aliphatic heterocycles. The minimum Gasteiger partial charge on any atom is -0.457 e. The van der Waals surface area contributed by atoms with Crippen molar-refractivity contribution >= 4 is 5.97 Å². The summed E-state index contributed by atoms with van der Waals surface area (Å²) in [6.45, 7) is 7.12. The van der Waals surface area contributed by atoms with E-state index >= 15 is 0 Å². The largest absolute Gasteiger partial charge is 0.457 e. The van der Waals surface area contributed by atoms with Crippen molar-refractivity contribution in [1.82, 2.24) is 5.32 Å². The van der Waals surface area contributed by atoms with Gasteiger partial charge in [0.15, 0.2) is 0 Å². The fourth-order valence-electron chi connectivity index (χ4n) is 3.10. The van der Waals surface area contributed by atoms with Gasteiger partial charge in [0.05, 0.1) is 18.7 Å². The molecule has 0 amide bonds. The van der Waals surface area contributed by atoms with Crippen LogP contribution in [0.5, 0.6) is 0 Å². The van der Waals surface area contributed by atoms with Crippen LogP contribution in [0.1, 0.15) is 33.2 Å². The number of aliphatic hydroxyl groups is 1. The molecule has 3 rings (SSSR count). The number of rotatable bonds is 3. The maximum absolute atomic E-state index is 11.5. The minimum atomic E-state index is -0.482. The highest BCUT2D eigenvalue weighted by Crippen LogP contribution is 2.28. The molecule has 1 unspecified atom stereocenters. The number of quaternary nitrogens is 1. The number of esters is 1. The summed E-state index contributed by atoms with van der Waals surface area (Å²) in [5.41, 5.74) is 3.50. The number of hydrogen-bond donors (Lipinski definition) is 3. The molecular formula is C15H21N2O3+. The van der Waals surface area contributed by atoms with Crippen LogP contribution in [0, 0.1) is 6.92 Å². The van der Waals surface area contributed by atoms with Gasteiger partial charge < -0.3 is 20.1 Å². The van der Waals surface area contributed by atoms with Crippen LogP contribution in [0.4, 0.5) is 0 Å². The molecule has 5 nitrogen and oxygen atoms in total. The summed E-state index contributed by atoms with van der Waals surface area (Å²) in [5.74, 6) is -0.253. The van der Waals surface area contributed by atoms with Gasteiger partial charge in [0, 0.05) is 18.7 Å². The normalized spacial score (nSPS) is 20.6. The Morgan fingerprint density at radius 1 is 1.40 bits per heavy atom. The van der Waals surface area contributed by atoms with Crippen LogP contribution in [0.25, 0.3) is 0 Å². The van der Waals surface area contributed by atoms with E-state index in [0.717, 1.165) is 49.4 Å². The zero-order valence-electron chi connectivity index (χ0n) is 11.7. The van der Waals surface area contributed by atoms with E-state index in [1.165, 1.54) is 4.90 Å². The Kier molecular flexibility index (Phi) is 3.74. The third kappa shape index (κ3) is 2.44. The Bertz CT molecular complexity index is 524. The second kappa shape index (κ2) is 5.52. The number of ether oxygens (including phenoxy) is 1. The molecule has 0 aromatic heterocycles. The van der Waals surface area contributed by atoms with E-state index in [2.05, 4.69) is 5.32 Å². The lowest BCUT2D eigenvalue weighted by atomic mass is 9.95. The molecule has 0 spiro atoms. The number of nitrogens with one attached hydrogen (secondary N) is 2. The molecule has 1 fully saturated rings. The van der Waals surface area contributed by atoms with Crippen molar-refractivity contribution in [1.29, 1.82) is 0 Å². The molecule has 1 aromatic rings. The quantitative estimate of drug-likeness (QED) is 0.632. The molecule has 1 atom stereocenters. The maximum Gasteiger partial charge on any atom is 0.338 e. The fourth-order valence-corrected chi connectivity index (χ4v) is 3.10. The average Bonchev–Trinajstić information content (AvgIpc) is 2.83. The highest BCUT2D eigenvalue weighted by atomic mass is 16.5. The number of carbonyl (C=O) groups is 1. The smallest absolute Gasteiger partial charge is 0.338 e. The predicted molar refractivity (Wildman–Crippen MR) is 73.7 cm³/mol. The van der Waals surface area contributed by atoms with Gasteiger partial charge in [-0.1, -0.05) is 6.07 Å². The number of aliphatic hydroxyl groups excluding tert-OH is 1. The molecule has 2 heterocycles. The van der Waals surface area contributed by atoms with E-state index in [9.17, 15) is 9.90 Å². The lowest BCUT2D eigenvalue weighted by Gasteiger charge is -2.27. The molecule has 5 heteroatoms. The van der Waals surface area contributed by atoms with E-state index in [4.69, 9.17) is 4.74 Å². The van der Waals surface area contributed by atoms with E-state index in [0.29, 0.717) is 12.2 Å². The van der Waals surface area contributed by atoms with Crippen LogP contribution >= 0.6 is 0 Å². The Morgan fingerprint density at radius 2 is 2.15 bits per heavy atom. The van der Waals surface area contributed by atoms with Gasteiger partial charge in [0.1, 0.15) is 19.3 Å². The van der Waals surface area contributed by atoms with Crippen LogP contribution in [0.2, 0.25) is 0 Å². The number of fused-ring (bicyclic) bond motifs is 1. The van der Waals surface area contributed by atoms with Gasteiger partial charge in [-0.3, -0.25) is 0 Å². The first kappa shape index (κ1) is 13.5. The SMILES string of the molecule is Cc1c(C(O)C[NH+]2CCNCC2)ccc2c1COC2=O. The van der Waals surface area contributed by atoms with Crippen LogP contribution < -0.4 is 10.2 Å². The van der Waals surface area contributed by atoms with E-state index in [1.807, 2.05) is 13.0 Å². The van der Waals surface area contributed by atoms with Gasteiger partial charge in [-0.2, -0.15) is 0 Å². The van der Waals surface area contributed by atoms with Crippen LogP contribution in [0.3, 0.4) is 0 Å². The summed E-state index contributed by atoms with van der Waals surface area (Å²) in [4.78, 5) is 12.9. The van der Waals surface area contributed by atoms with Gasteiger partial charge in [-0.25, -0.2) is 4.79 Å². The lowest BCUT2D eigenvalue weighted by molar-refractivity contribution is -0.905. The number of carbonyl (C=O) groups excluding carboxylic acids is 1. The molecule has 1 saturated heterocycles. The third-order valence-corrected chi connectivity index (χ3v) is 4.36. The molecule has 0 aliphatic carbocycles. The summed E-state index contributed by atoms with van der Waals surface area (Å²) < 4.78 is 5.05. The zero-order valence-corrected chi connectivity index (χ0v) is 11.7. The van der Waals surface area contributed by atoms with E-state index in [1.54, 1.807) is 6.07 Å². The Labute approximate surface area is 118 Å². The Balaban J connectivity index is 1.78. The standard InChI is InChI=1S/C15H20N2O3/c1-10-11(2-3-12-13(10)9-20-15(12)19)14(18)8-17-6-4-16-5-7-17/h2-3,14,16,18H,4-9H2,1H3/p+1. The highest BCUT2D eigenvalue weighted by Gasteiger charge is 2.27. The second-order valence-electron chi connectivity index (χ2n) is 5.60. The first-order chi connectivity index (χ1) is 9.66. The van der Waals surface area contributed by atoms with Crippen molar-refractivity contribution in [3.8, 4) is 0 Å². The molecule has 0 saturated carbocycles. The van der Waals surface area contributed by atoms with Crippen molar-refractivity contribution in [3.63, 3.8) is 0 Å². The summed E-state index contributed by atoms with van der Waals surface area (Å²) in [6, 6.07) is 3.65. The van der Waals surface area contributed by atoms with Crippen LogP contribution in [-0.4, -0.2) is 43.8 Å². The average molecular weight is 277 g/mol. The van der Waals surface area contributed by atoms with Crippen molar-refractivity contribution < 1.29 is 19.5 Å². The van der Waals surface area contributed by atoms with Crippen LogP contribution in [-0.2, 0) is 11.3 Å². The van der Waals surface area contributed by atoms with E-state index < -0.39 is 6.10 Å². The summed E-state index contributed by atoms with van der Waals surface area (Å²) in [6.07, 6.45) is -0.482. The number of cyclic esters (lactones) is 1. The number of hydrogen-bond acceptors (Lipinski definition) is 4. The predicted octanol–water partition coefficient (Wildman–Crippen LogP) is -0.813. The highest BCUT2D eigenvalue weighted by molar-refractivity contribution is 5.93. The Morgan fingerprint density at radius 3 is 2.90 bits per heavy atom. The number of piperazine rings is 1. The van der Waals surface area contributed by atoms with E-state index in [-0.39, 0.29) is 5.97 Å².